The summed E-state index contributed by atoms with van der Waals surface area (Å²) in [4.78, 5) is 19.1. The van der Waals surface area contributed by atoms with Crippen LogP contribution in [0, 0.1) is 32.9 Å². The molecule has 180 valence electrons. The number of nitrogens with one attached hydrogen (secondary N) is 2. The number of nitrogen functional groups attached to an aromatic ring is 2. The first kappa shape index (κ1) is 23.6. The van der Waals surface area contributed by atoms with Gasteiger partial charge in [0.25, 0.3) is 5.69 Å². The van der Waals surface area contributed by atoms with E-state index in [1.54, 1.807) is 36.5 Å². The largest absolute Gasteiger partial charge is 0.493 e. The first-order valence-electron chi connectivity index (χ1n) is 10.4. The fourth-order valence-electron chi connectivity index (χ4n) is 3.67. The number of non-ortho nitro benzene ring substituents is 1. The molecule has 13 nitrogen and oxygen atoms in total. The molecule has 2 aromatic carbocycles. The van der Waals surface area contributed by atoms with Crippen LogP contribution in [0.4, 0.5) is 23.0 Å². The second-order valence-corrected chi connectivity index (χ2v) is 7.52. The Morgan fingerprint density at radius 2 is 1.94 bits per heavy atom. The van der Waals surface area contributed by atoms with Gasteiger partial charge >= 0.3 is 0 Å². The zero-order chi connectivity index (χ0) is 25.8. The Morgan fingerprint density at radius 3 is 2.58 bits per heavy atom. The van der Waals surface area contributed by atoms with E-state index >= 15 is 0 Å². The molecule has 0 saturated carbocycles. The third-order valence-corrected chi connectivity index (χ3v) is 5.40. The highest BCUT2D eigenvalue weighted by molar-refractivity contribution is 5.98. The molecule has 6 N–H and O–H groups in total. The Morgan fingerprint density at radius 1 is 1.19 bits per heavy atom. The summed E-state index contributed by atoms with van der Waals surface area (Å²) >= 11 is 0. The van der Waals surface area contributed by atoms with Crippen molar-refractivity contribution < 1.29 is 14.4 Å². The van der Waals surface area contributed by atoms with Gasteiger partial charge in [-0.2, -0.15) is 10.5 Å². The average Bonchev–Trinajstić information content (AvgIpc) is 2.87. The number of nitriles is 2. The number of fused-ring (bicyclic) bond motifs is 1. The lowest BCUT2D eigenvalue weighted by Gasteiger charge is -2.26. The van der Waals surface area contributed by atoms with Crippen molar-refractivity contribution in [3.63, 3.8) is 0 Å². The van der Waals surface area contributed by atoms with Crippen LogP contribution in [0.15, 0.2) is 47.5 Å². The maximum absolute atomic E-state index is 10.8. The molecule has 13 heteroatoms. The number of nitrogens with two attached hydrogens (primary N) is 2. The number of guanidine groups is 1. The van der Waals surface area contributed by atoms with Crippen molar-refractivity contribution in [1.82, 2.24) is 10.3 Å². The number of rotatable bonds is 6. The maximum Gasteiger partial charge on any atom is 0.269 e. The molecular formula is C23H19N9O4. The molecule has 0 spiro atoms. The molecule has 0 bridgehead atoms. The standard InChI is InChI=1S/C23H19N9O4/c1-35-17-8-13(4-7-16(17)36-10-12-2-5-14(6-3-12)32(33)34)20-18-19(26)15(9-24)21(27)30-22(18)31-23(29-20)28-11-25/h2-8,20H,10H2,1H3,(H6,26,27,28,29,30,31). The monoisotopic (exact) mass is 485 g/mol. The number of nitro groups is 1. The van der Waals surface area contributed by atoms with Crippen LogP contribution in [0.1, 0.15) is 28.3 Å². The molecule has 2 heterocycles. The number of pyridine rings is 1. The summed E-state index contributed by atoms with van der Waals surface area (Å²) in [6.07, 6.45) is 1.80. The number of aromatic nitrogens is 1. The van der Waals surface area contributed by atoms with Gasteiger partial charge in [-0.1, -0.05) is 6.07 Å². The zero-order valence-electron chi connectivity index (χ0n) is 18.8. The molecule has 0 radical (unpaired) electrons. The summed E-state index contributed by atoms with van der Waals surface area (Å²) < 4.78 is 11.4. The van der Waals surface area contributed by atoms with Gasteiger partial charge in [0.1, 0.15) is 35.9 Å². The third-order valence-electron chi connectivity index (χ3n) is 5.40. The molecule has 0 aliphatic carbocycles. The quantitative estimate of drug-likeness (QED) is 0.172. The number of ether oxygens (including phenoxy) is 2. The third kappa shape index (κ3) is 4.44. The first-order chi connectivity index (χ1) is 17.4. The lowest BCUT2D eigenvalue weighted by Crippen LogP contribution is -2.32. The first-order valence-corrected chi connectivity index (χ1v) is 10.4. The van der Waals surface area contributed by atoms with Crippen LogP contribution in [0.2, 0.25) is 0 Å². The lowest BCUT2D eigenvalue weighted by atomic mass is 9.95. The maximum atomic E-state index is 10.8. The Balaban J connectivity index is 1.68. The minimum Gasteiger partial charge on any atom is -0.493 e. The molecular weight excluding hydrogens is 466 g/mol. The van der Waals surface area contributed by atoms with Gasteiger partial charge in [0.15, 0.2) is 17.7 Å². The summed E-state index contributed by atoms with van der Waals surface area (Å²) in [7, 11) is 1.48. The predicted molar refractivity (Wildman–Crippen MR) is 130 cm³/mol. The second kappa shape index (κ2) is 9.74. The number of anilines is 3. The van der Waals surface area contributed by atoms with E-state index in [2.05, 4.69) is 20.6 Å². The minimum absolute atomic E-state index is 0.0103. The van der Waals surface area contributed by atoms with Crippen molar-refractivity contribution in [2.24, 2.45) is 4.99 Å². The number of nitro benzene ring substituents is 1. The molecule has 4 rings (SSSR count). The van der Waals surface area contributed by atoms with E-state index in [1.165, 1.54) is 19.2 Å². The molecule has 0 saturated heterocycles. The van der Waals surface area contributed by atoms with Gasteiger partial charge in [0.05, 0.1) is 17.7 Å². The fraction of sp³-hybridized carbons (Fsp3) is 0.130. The smallest absolute Gasteiger partial charge is 0.269 e. The van der Waals surface area contributed by atoms with Gasteiger partial charge < -0.3 is 26.3 Å². The fourth-order valence-corrected chi connectivity index (χ4v) is 3.67. The summed E-state index contributed by atoms with van der Waals surface area (Å²) in [5.74, 6) is 1.16. The molecule has 1 atom stereocenters. The molecule has 1 aliphatic rings. The highest BCUT2D eigenvalue weighted by Crippen LogP contribution is 2.42. The zero-order valence-corrected chi connectivity index (χ0v) is 18.8. The van der Waals surface area contributed by atoms with Gasteiger partial charge in [-0.25, -0.2) is 9.98 Å². The molecule has 1 unspecified atom stereocenters. The van der Waals surface area contributed by atoms with E-state index in [1.807, 2.05) is 6.07 Å². The van der Waals surface area contributed by atoms with E-state index < -0.39 is 11.0 Å². The Labute approximate surface area is 204 Å². The summed E-state index contributed by atoms with van der Waals surface area (Å²) in [5.41, 5.74) is 14.1. The summed E-state index contributed by atoms with van der Waals surface area (Å²) in [5, 5.41) is 34.7. The van der Waals surface area contributed by atoms with E-state index in [9.17, 15) is 15.4 Å². The summed E-state index contributed by atoms with van der Waals surface area (Å²) in [6, 6.07) is 12.4. The average molecular weight is 485 g/mol. The number of aliphatic imine (C=N–C) groups is 1. The minimum atomic E-state index is -0.741. The molecule has 0 amide bonds. The van der Waals surface area contributed by atoms with Crippen LogP contribution in [0.5, 0.6) is 11.5 Å². The molecule has 36 heavy (non-hydrogen) atoms. The van der Waals surface area contributed by atoms with Gasteiger partial charge in [0.2, 0.25) is 5.96 Å². The van der Waals surface area contributed by atoms with Crippen molar-refractivity contribution >= 4 is 29.0 Å². The van der Waals surface area contributed by atoms with Gasteiger partial charge in [-0.05, 0) is 35.4 Å². The predicted octanol–water partition coefficient (Wildman–Crippen LogP) is 2.56. The van der Waals surface area contributed by atoms with Crippen molar-refractivity contribution in [3.05, 3.63) is 74.8 Å². The SMILES string of the molecule is COc1cc(C2N=C(NC#N)Nc3nc(N)c(C#N)c(N)c32)ccc1OCc1ccc([N+](=O)[O-])cc1. The van der Waals surface area contributed by atoms with Crippen molar-refractivity contribution in [3.8, 4) is 23.8 Å². The van der Waals surface area contributed by atoms with Crippen molar-refractivity contribution in [2.45, 2.75) is 12.6 Å². The van der Waals surface area contributed by atoms with Crippen molar-refractivity contribution in [2.75, 3.05) is 23.9 Å². The molecule has 1 aliphatic heterocycles. The van der Waals surface area contributed by atoms with E-state index in [-0.39, 0.29) is 41.1 Å². The van der Waals surface area contributed by atoms with Gasteiger partial charge in [0, 0.05) is 17.7 Å². The Bertz CT molecular complexity index is 1460. The molecule has 0 fully saturated rings. The van der Waals surface area contributed by atoms with Crippen LogP contribution in [-0.2, 0) is 6.61 Å². The van der Waals surface area contributed by atoms with E-state index in [0.717, 1.165) is 5.56 Å². The summed E-state index contributed by atoms with van der Waals surface area (Å²) in [6.45, 7) is 0.153. The van der Waals surface area contributed by atoms with Crippen LogP contribution < -0.4 is 31.6 Å². The number of hydrogen-bond acceptors (Lipinski definition) is 12. The normalized spacial score (nSPS) is 13.8. The van der Waals surface area contributed by atoms with E-state index in [0.29, 0.717) is 22.6 Å². The van der Waals surface area contributed by atoms with Gasteiger partial charge in [-0.3, -0.25) is 15.4 Å². The highest BCUT2D eigenvalue weighted by Gasteiger charge is 2.30. The second-order valence-electron chi connectivity index (χ2n) is 7.52. The molecule has 1 aromatic heterocycles. The number of nitrogens with zero attached hydrogens (tertiary/aromatic N) is 5. The van der Waals surface area contributed by atoms with Gasteiger partial charge in [-0.15, -0.1) is 0 Å². The molecule has 3 aromatic rings. The van der Waals surface area contributed by atoms with Crippen LogP contribution in [0.3, 0.4) is 0 Å². The number of benzene rings is 2. The van der Waals surface area contributed by atoms with E-state index in [4.69, 9.17) is 26.2 Å². The number of methoxy groups -OCH3 is 1. The topological polar surface area (TPSA) is 211 Å². The van der Waals surface area contributed by atoms with Crippen LogP contribution in [0.25, 0.3) is 0 Å². The number of hydrogen-bond donors (Lipinski definition) is 4. The highest BCUT2D eigenvalue weighted by atomic mass is 16.6. The lowest BCUT2D eigenvalue weighted by molar-refractivity contribution is -0.384. The Hall–Kier alpha value is -5.56. The van der Waals surface area contributed by atoms with Crippen LogP contribution >= 0.6 is 0 Å². The van der Waals surface area contributed by atoms with Crippen molar-refractivity contribution in [1.29, 1.82) is 10.5 Å². The van der Waals surface area contributed by atoms with Crippen LogP contribution in [-0.4, -0.2) is 23.0 Å². The Kier molecular flexibility index (Phi) is 6.38.